The van der Waals surface area contributed by atoms with Crippen LogP contribution < -0.4 is 5.32 Å². The minimum absolute atomic E-state index is 0.0559. The van der Waals surface area contributed by atoms with Crippen molar-refractivity contribution in [3.63, 3.8) is 0 Å². The highest BCUT2D eigenvalue weighted by Crippen LogP contribution is 2.23. The lowest BCUT2D eigenvalue weighted by Gasteiger charge is -2.22. The molecule has 1 fully saturated rings. The number of nitrogens with one attached hydrogen (secondary N) is 1. The Hall–Kier alpha value is -2.80. The minimum Gasteiger partial charge on any atom is -0.468 e. The number of carbonyl (C=O) groups is 2. The molecule has 1 saturated heterocycles. The number of esters is 1. The average molecular weight is 374 g/mol. The molecule has 1 amide bonds. The van der Waals surface area contributed by atoms with Crippen LogP contribution in [0.15, 0.2) is 48.5 Å². The Balaban J connectivity index is 1.73. The van der Waals surface area contributed by atoms with Crippen LogP contribution in [0.25, 0.3) is 0 Å². The number of benzene rings is 2. The van der Waals surface area contributed by atoms with E-state index in [9.17, 15) is 18.4 Å². The Bertz CT molecular complexity index is 843. The highest BCUT2D eigenvalue weighted by molar-refractivity contribution is 5.94. The van der Waals surface area contributed by atoms with E-state index in [1.165, 1.54) is 31.4 Å². The molecule has 0 aliphatic carbocycles. The largest absolute Gasteiger partial charge is 0.468 e. The van der Waals surface area contributed by atoms with Crippen molar-refractivity contribution in [3.8, 4) is 0 Å². The molecular weight excluding hydrogens is 354 g/mol. The number of carbonyl (C=O) groups excluding carboxylic acids is 2. The van der Waals surface area contributed by atoms with Crippen LogP contribution >= 0.6 is 0 Å². The van der Waals surface area contributed by atoms with E-state index in [-0.39, 0.29) is 24.0 Å². The Kier molecular flexibility index (Phi) is 5.81. The number of halogens is 2. The number of likely N-dealkylation sites (tertiary alicyclic amines) is 1. The Morgan fingerprint density at radius 2 is 1.78 bits per heavy atom. The van der Waals surface area contributed by atoms with Gasteiger partial charge in [-0.05, 0) is 24.6 Å². The molecule has 0 aromatic heterocycles. The van der Waals surface area contributed by atoms with Gasteiger partial charge in [-0.3, -0.25) is 14.5 Å². The summed E-state index contributed by atoms with van der Waals surface area (Å²) in [6, 6.07) is 11.0. The second kappa shape index (κ2) is 8.26. The van der Waals surface area contributed by atoms with Crippen LogP contribution in [-0.4, -0.2) is 42.5 Å². The molecule has 1 aliphatic heterocycles. The van der Waals surface area contributed by atoms with Gasteiger partial charge < -0.3 is 10.1 Å². The molecule has 142 valence electrons. The molecule has 3 rings (SSSR count). The molecule has 0 spiro atoms. The van der Waals surface area contributed by atoms with Crippen LogP contribution in [0.3, 0.4) is 0 Å². The number of methoxy groups -OCH3 is 1. The van der Waals surface area contributed by atoms with Crippen molar-refractivity contribution in [2.45, 2.75) is 25.0 Å². The molecule has 0 unspecified atom stereocenters. The van der Waals surface area contributed by atoms with Gasteiger partial charge in [0, 0.05) is 24.7 Å². The number of rotatable bonds is 5. The first-order chi connectivity index (χ1) is 13.0. The molecule has 27 heavy (non-hydrogen) atoms. The summed E-state index contributed by atoms with van der Waals surface area (Å²) in [5.41, 5.74) is 0.396. The Labute approximate surface area is 155 Å². The second-order valence-corrected chi connectivity index (χ2v) is 6.45. The van der Waals surface area contributed by atoms with Gasteiger partial charge in [0.15, 0.2) is 0 Å². The predicted molar refractivity (Wildman–Crippen MR) is 94.9 cm³/mol. The fraction of sp³-hybridized carbons (Fsp3) is 0.300. The quantitative estimate of drug-likeness (QED) is 0.817. The van der Waals surface area contributed by atoms with Gasteiger partial charge in [0.25, 0.3) is 5.91 Å². The van der Waals surface area contributed by atoms with Crippen LogP contribution in [0.5, 0.6) is 0 Å². The first-order valence-electron chi connectivity index (χ1n) is 8.60. The maximum atomic E-state index is 14.0. The molecule has 1 aliphatic rings. The van der Waals surface area contributed by atoms with E-state index < -0.39 is 23.7 Å². The van der Waals surface area contributed by atoms with Crippen LogP contribution in [0.1, 0.15) is 22.3 Å². The van der Waals surface area contributed by atoms with Crippen molar-refractivity contribution in [1.82, 2.24) is 10.2 Å². The lowest BCUT2D eigenvalue weighted by atomic mass is 10.1. The van der Waals surface area contributed by atoms with E-state index in [0.717, 1.165) is 0 Å². The predicted octanol–water partition coefficient (Wildman–Crippen LogP) is 2.51. The Morgan fingerprint density at radius 3 is 2.44 bits per heavy atom. The van der Waals surface area contributed by atoms with Gasteiger partial charge >= 0.3 is 5.97 Å². The van der Waals surface area contributed by atoms with E-state index in [4.69, 9.17) is 4.74 Å². The zero-order valence-electron chi connectivity index (χ0n) is 14.8. The molecule has 0 radical (unpaired) electrons. The summed E-state index contributed by atoms with van der Waals surface area (Å²) in [4.78, 5) is 26.2. The van der Waals surface area contributed by atoms with Gasteiger partial charge in [0.05, 0.1) is 12.7 Å². The van der Waals surface area contributed by atoms with Gasteiger partial charge in [-0.2, -0.15) is 0 Å². The van der Waals surface area contributed by atoms with Gasteiger partial charge in [0.2, 0.25) is 0 Å². The summed E-state index contributed by atoms with van der Waals surface area (Å²) >= 11 is 0. The van der Waals surface area contributed by atoms with Crippen LogP contribution in [-0.2, 0) is 16.1 Å². The first-order valence-corrected chi connectivity index (χ1v) is 8.60. The normalized spacial score (nSPS) is 19.7. The van der Waals surface area contributed by atoms with Gasteiger partial charge in [-0.15, -0.1) is 0 Å². The van der Waals surface area contributed by atoms with Gasteiger partial charge in [0.1, 0.15) is 17.7 Å². The smallest absolute Gasteiger partial charge is 0.323 e. The standard InChI is InChI=1S/C20H20F2N2O3/c1-27-20(26)18-10-14(23-19(25)15-7-3-5-9-17(15)22)12-24(18)11-13-6-2-4-8-16(13)21/h2-9,14,18H,10-12H2,1H3,(H,23,25)/t14-,18+/m1/s1. The van der Waals surface area contributed by atoms with Crippen molar-refractivity contribution in [2.24, 2.45) is 0 Å². The maximum Gasteiger partial charge on any atom is 0.323 e. The third-order valence-electron chi connectivity index (χ3n) is 4.66. The number of hydrogen-bond acceptors (Lipinski definition) is 4. The summed E-state index contributed by atoms with van der Waals surface area (Å²) in [5, 5.41) is 2.75. The summed E-state index contributed by atoms with van der Waals surface area (Å²) < 4.78 is 32.6. The molecular formula is C20H20F2N2O3. The topological polar surface area (TPSA) is 58.6 Å². The van der Waals surface area contributed by atoms with E-state index in [0.29, 0.717) is 18.5 Å². The third-order valence-corrected chi connectivity index (χ3v) is 4.66. The fourth-order valence-corrected chi connectivity index (χ4v) is 3.32. The molecule has 2 aromatic rings. The summed E-state index contributed by atoms with van der Waals surface area (Å²) in [5.74, 6) is -1.97. The maximum absolute atomic E-state index is 14.0. The second-order valence-electron chi connectivity index (χ2n) is 6.45. The van der Waals surface area contributed by atoms with E-state index in [1.54, 1.807) is 29.2 Å². The van der Waals surface area contributed by atoms with Gasteiger partial charge in [-0.1, -0.05) is 30.3 Å². The van der Waals surface area contributed by atoms with E-state index in [1.807, 2.05) is 0 Å². The highest BCUT2D eigenvalue weighted by atomic mass is 19.1. The molecule has 5 nitrogen and oxygen atoms in total. The van der Waals surface area contributed by atoms with Crippen LogP contribution in [0.4, 0.5) is 8.78 Å². The van der Waals surface area contributed by atoms with Crippen molar-refractivity contribution >= 4 is 11.9 Å². The molecule has 1 heterocycles. The molecule has 0 saturated carbocycles. The average Bonchev–Trinajstić information content (AvgIpc) is 3.05. The first kappa shape index (κ1) is 19.0. The molecule has 1 N–H and O–H groups in total. The lowest BCUT2D eigenvalue weighted by molar-refractivity contribution is -0.146. The number of ether oxygens (including phenoxy) is 1. The monoisotopic (exact) mass is 374 g/mol. The number of amides is 1. The number of nitrogens with zero attached hydrogens (tertiary/aromatic N) is 1. The zero-order chi connectivity index (χ0) is 19.4. The minimum atomic E-state index is -0.611. The SMILES string of the molecule is COC(=O)[C@@H]1C[C@@H](NC(=O)c2ccccc2F)CN1Cc1ccccc1F. The van der Waals surface area contributed by atoms with Crippen LogP contribution in [0, 0.1) is 11.6 Å². The molecule has 2 atom stereocenters. The fourth-order valence-electron chi connectivity index (χ4n) is 3.32. The van der Waals surface area contributed by atoms with E-state index >= 15 is 0 Å². The van der Waals surface area contributed by atoms with Gasteiger partial charge in [-0.25, -0.2) is 8.78 Å². The highest BCUT2D eigenvalue weighted by Gasteiger charge is 2.38. The summed E-state index contributed by atoms with van der Waals surface area (Å²) in [6.45, 7) is 0.535. The van der Waals surface area contributed by atoms with Crippen molar-refractivity contribution in [1.29, 1.82) is 0 Å². The van der Waals surface area contributed by atoms with Crippen molar-refractivity contribution < 1.29 is 23.1 Å². The third kappa shape index (κ3) is 4.31. The summed E-state index contributed by atoms with van der Waals surface area (Å²) in [6.07, 6.45) is 0.307. The van der Waals surface area contributed by atoms with Crippen LogP contribution in [0.2, 0.25) is 0 Å². The van der Waals surface area contributed by atoms with Crippen molar-refractivity contribution in [3.05, 3.63) is 71.3 Å². The lowest BCUT2D eigenvalue weighted by Crippen LogP contribution is -2.38. The molecule has 7 heteroatoms. The number of hydrogen-bond donors (Lipinski definition) is 1. The Morgan fingerprint density at radius 1 is 1.11 bits per heavy atom. The van der Waals surface area contributed by atoms with Crippen molar-refractivity contribution in [2.75, 3.05) is 13.7 Å². The van der Waals surface area contributed by atoms with E-state index in [2.05, 4.69) is 5.32 Å². The summed E-state index contributed by atoms with van der Waals surface area (Å²) in [7, 11) is 1.29. The zero-order valence-corrected chi connectivity index (χ0v) is 14.8. The molecule has 2 aromatic carbocycles. The molecule has 0 bridgehead atoms.